The van der Waals surface area contributed by atoms with Gasteiger partial charge in [-0.25, -0.2) is 0 Å². The van der Waals surface area contributed by atoms with E-state index in [9.17, 15) is 4.79 Å². The van der Waals surface area contributed by atoms with Gasteiger partial charge in [-0.3, -0.25) is 9.78 Å². The summed E-state index contributed by atoms with van der Waals surface area (Å²) in [5.41, 5.74) is 0. The van der Waals surface area contributed by atoms with Crippen LogP contribution in [0.2, 0.25) is 0 Å². The molecule has 1 atom stereocenters. The Hall–Kier alpha value is -2.80. The molecular formula is C21H24N2O5. The molecule has 2 aliphatic rings. The molecule has 0 bridgehead atoms. The number of para-hydroxylation sites is 2. The average molecular weight is 384 g/mol. The highest BCUT2D eigenvalue weighted by Gasteiger charge is 2.25. The van der Waals surface area contributed by atoms with Gasteiger partial charge in [0.25, 0.3) is 0 Å². The summed E-state index contributed by atoms with van der Waals surface area (Å²) >= 11 is 0. The monoisotopic (exact) mass is 384 g/mol. The van der Waals surface area contributed by atoms with E-state index < -0.39 is 0 Å². The van der Waals surface area contributed by atoms with Gasteiger partial charge >= 0.3 is 0 Å². The van der Waals surface area contributed by atoms with E-state index in [1.54, 1.807) is 12.4 Å². The van der Waals surface area contributed by atoms with Crippen LogP contribution < -0.4 is 14.2 Å². The van der Waals surface area contributed by atoms with Gasteiger partial charge in [0, 0.05) is 32.1 Å². The summed E-state index contributed by atoms with van der Waals surface area (Å²) in [6, 6.07) is 11.3. The van der Waals surface area contributed by atoms with Gasteiger partial charge in [-0.05, 0) is 24.3 Å². The molecule has 28 heavy (non-hydrogen) atoms. The third-order valence-corrected chi connectivity index (χ3v) is 4.83. The number of benzene rings is 1. The maximum absolute atomic E-state index is 12.4. The second-order valence-electron chi connectivity index (χ2n) is 6.90. The lowest BCUT2D eigenvalue weighted by atomic mass is 10.1. The molecule has 0 saturated carbocycles. The molecule has 2 aliphatic heterocycles. The maximum Gasteiger partial charge on any atom is 0.248 e. The Balaban J connectivity index is 1.15. The molecule has 1 aromatic heterocycles. The molecule has 2 aromatic rings. The number of carbonyl (C=O) groups excluding carboxylic acids is 1. The predicted octanol–water partition coefficient (Wildman–Crippen LogP) is 2.31. The zero-order valence-corrected chi connectivity index (χ0v) is 15.7. The molecule has 1 fully saturated rings. The number of piperidine rings is 1. The number of aromatic nitrogens is 1. The van der Waals surface area contributed by atoms with Crippen molar-refractivity contribution in [3.05, 3.63) is 48.8 Å². The number of hydrogen-bond acceptors (Lipinski definition) is 6. The number of pyridine rings is 1. The van der Waals surface area contributed by atoms with Crippen molar-refractivity contribution in [2.45, 2.75) is 25.0 Å². The minimum absolute atomic E-state index is 0.00282. The Morgan fingerprint density at radius 1 is 1.14 bits per heavy atom. The first kappa shape index (κ1) is 18.6. The van der Waals surface area contributed by atoms with E-state index in [1.807, 2.05) is 41.3 Å². The summed E-state index contributed by atoms with van der Waals surface area (Å²) in [6.07, 6.45) is 4.94. The van der Waals surface area contributed by atoms with Gasteiger partial charge in [-0.2, -0.15) is 0 Å². The van der Waals surface area contributed by atoms with E-state index in [-0.39, 0.29) is 24.7 Å². The SMILES string of the molecule is O=C(COC[C@H]1COc2ccccc2O1)N1CCC(Oc2cccnc2)CC1. The lowest BCUT2D eigenvalue weighted by molar-refractivity contribution is -0.139. The summed E-state index contributed by atoms with van der Waals surface area (Å²) in [7, 11) is 0. The van der Waals surface area contributed by atoms with Crippen LogP contribution in [-0.4, -0.2) is 60.9 Å². The van der Waals surface area contributed by atoms with Gasteiger partial charge in [-0.15, -0.1) is 0 Å². The molecule has 0 spiro atoms. The molecule has 0 radical (unpaired) electrons. The Bertz CT molecular complexity index is 777. The van der Waals surface area contributed by atoms with E-state index in [0.29, 0.717) is 32.1 Å². The molecule has 1 amide bonds. The predicted molar refractivity (Wildman–Crippen MR) is 102 cm³/mol. The van der Waals surface area contributed by atoms with Gasteiger partial charge in [0.05, 0.1) is 12.8 Å². The summed E-state index contributed by atoms with van der Waals surface area (Å²) < 4.78 is 23.0. The molecule has 0 aliphatic carbocycles. The van der Waals surface area contributed by atoms with Gasteiger partial charge in [0.1, 0.15) is 25.1 Å². The highest BCUT2D eigenvalue weighted by molar-refractivity contribution is 5.77. The van der Waals surface area contributed by atoms with Crippen molar-refractivity contribution in [2.24, 2.45) is 0 Å². The maximum atomic E-state index is 12.4. The van der Waals surface area contributed by atoms with Crippen molar-refractivity contribution < 1.29 is 23.7 Å². The fraction of sp³-hybridized carbons (Fsp3) is 0.429. The first-order valence-electron chi connectivity index (χ1n) is 9.58. The van der Waals surface area contributed by atoms with Crippen LogP contribution in [0.5, 0.6) is 17.2 Å². The van der Waals surface area contributed by atoms with Crippen LogP contribution in [0.1, 0.15) is 12.8 Å². The molecular weight excluding hydrogens is 360 g/mol. The number of fused-ring (bicyclic) bond motifs is 1. The zero-order chi connectivity index (χ0) is 19.2. The minimum Gasteiger partial charge on any atom is -0.489 e. The highest BCUT2D eigenvalue weighted by Crippen LogP contribution is 2.30. The van der Waals surface area contributed by atoms with Gasteiger partial charge in [0.15, 0.2) is 17.6 Å². The minimum atomic E-state index is -0.207. The van der Waals surface area contributed by atoms with Crippen LogP contribution in [0.4, 0.5) is 0 Å². The van der Waals surface area contributed by atoms with Crippen LogP contribution >= 0.6 is 0 Å². The summed E-state index contributed by atoms with van der Waals surface area (Å²) in [5, 5.41) is 0. The molecule has 0 N–H and O–H groups in total. The van der Waals surface area contributed by atoms with Crippen LogP contribution in [0.3, 0.4) is 0 Å². The average Bonchev–Trinajstić information content (AvgIpc) is 2.75. The van der Waals surface area contributed by atoms with Crippen LogP contribution in [0, 0.1) is 0 Å². The van der Waals surface area contributed by atoms with Crippen molar-refractivity contribution in [2.75, 3.05) is 32.9 Å². The third-order valence-electron chi connectivity index (χ3n) is 4.83. The fourth-order valence-corrected chi connectivity index (χ4v) is 3.35. The lowest BCUT2D eigenvalue weighted by Gasteiger charge is -2.32. The fourth-order valence-electron chi connectivity index (χ4n) is 3.35. The van der Waals surface area contributed by atoms with Gasteiger partial charge < -0.3 is 23.8 Å². The molecule has 1 saturated heterocycles. The third kappa shape index (κ3) is 4.72. The Morgan fingerprint density at radius 3 is 2.75 bits per heavy atom. The Kier molecular flexibility index (Phi) is 5.92. The number of hydrogen-bond donors (Lipinski definition) is 0. The van der Waals surface area contributed by atoms with Crippen LogP contribution in [0.25, 0.3) is 0 Å². The topological polar surface area (TPSA) is 70.1 Å². The highest BCUT2D eigenvalue weighted by atomic mass is 16.6. The molecule has 1 aromatic carbocycles. The van der Waals surface area contributed by atoms with E-state index in [1.165, 1.54) is 0 Å². The van der Waals surface area contributed by atoms with Crippen molar-refractivity contribution in [3.63, 3.8) is 0 Å². The number of ether oxygens (including phenoxy) is 4. The summed E-state index contributed by atoms with van der Waals surface area (Å²) in [5.74, 6) is 2.22. The standard InChI is InChI=1S/C21H24N2O5/c24-21(15-25-13-18-14-26-19-5-1-2-6-20(19)28-18)23-10-7-16(8-11-23)27-17-4-3-9-22-12-17/h1-6,9,12,16,18H,7-8,10-11,13-15H2/t18-/m0/s1. The van der Waals surface area contributed by atoms with Gasteiger partial charge in [0.2, 0.25) is 5.91 Å². The summed E-state index contributed by atoms with van der Waals surface area (Å²) in [6.45, 7) is 2.13. The molecule has 0 unspecified atom stereocenters. The normalized spacial score (nSPS) is 19.3. The van der Waals surface area contributed by atoms with E-state index >= 15 is 0 Å². The number of likely N-dealkylation sites (tertiary alicyclic amines) is 1. The number of nitrogens with zero attached hydrogens (tertiary/aromatic N) is 2. The van der Waals surface area contributed by atoms with Crippen molar-refractivity contribution in [3.8, 4) is 17.2 Å². The van der Waals surface area contributed by atoms with E-state index in [2.05, 4.69) is 4.98 Å². The first-order chi connectivity index (χ1) is 13.8. The number of carbonyl (C=O) groups is 1. The van der Waals surface area contributed by atoms with Crippen LogP contribution in [-0.2, 0) is 9.53 Å². The largest absolute Gasteiger partial charge is 0.489 e. The van der Waals surface area contributed by atoms with Crippen molar-refractivity contribution >= 4 is 5.91 Å². The molecule has 7 heteroatoms. The quantitative estimate of drug-likeness (QED) is 0.761. The molecule has 148 valence electrons. The molecule has 3 heterocycles. The Morgan fingerprint density at radius 2 is 1.96 bits per heavy atom. The molecule has 7 nitrogen and oxygen atoms in total. The zero-order valence-electron chi connectivity index (χ0n) is 15.7. The number of rotatable bonds is 6. The van der Waals surface area contributed by atoms with Crippen LogP contribution in [0.15, 0.2) is 48.8 Å². The number of amides is 1. The second kappa shape index (κ2) is 8.93. The Labute approximate surface area is 164 Å². The van der Waals surface area contributed by atoms with E-state index in [0.717, 1.165) is 24.3 Å². The van der Waals surface area contributed by atoms with Crippen molar-refractivity contribution in [1.29, 1.82) is 0 Å². The van der Waals surface area contributed by atoms with E-state index in [4.69, 9.17) is 18.9 Å². The molecule has 4 rings (SSSR count). The first-order valence-corrected chi connectivity index (χ1v) is 9.58. The lowest BCUT2D eigenvalue weighted by Crippen LogP contribution is -2.44. The second-order valence-corrected chi connectivity index (χ2v) is 6.90. The van der Waals surface area contributed by atoms with Gasteiger partial charge in [-0.1, -0.05) is 12.1 Å². The smallest absolute Gasteiger partial charge is 0.248 e. The van der Waals surface area contributed by atoms with Crippen molar-refractivity contribution in [1.82, 2.24) is 9.88 Å². The summed E-state index contributed by atoms with van der Waals surface area (Å²) in [4.78, 5) is 18.3.